The van der Waals surface area contributed by atoms with Gasteiger partial charge in [0.05, 0.1) is 0 Å². The van der Waals surface area contributed by atoms with Gasteiger partial charge in [0.1, 0.15) is 0 Å². The van der Waals surface area contributed by atoms with Gasteiger partial charge < -0.3 is 4.57 Å². The summed E-state index contributed by atoms with van der Waals surface area (Å²) in [6.07, 6.45) is 4.33. The second-order valence-electron chi connectivity index (χ2n) is 6.19. The lowest BCUT2D eigenvalue weighted by molar-refractivity contribution is 0.0910. The van der Waals surface area contributed by atoms with E-state index in [9.17, 15) is 4.79 Å². The van der Waals surface area contributed by atoms with Gasteiger partial charge in [-0.15, -0.1) is 0 Å². The Kier molecular flexibility index (Phi) is 1.90. The van der Waals surface area contributed by atoms with Gasteiger partial charge in [-0.3, -0.25) is 4.79 Å². The number of aryl methyl sites for hydroxylation is 1. The van der Waals surface area contributed by atoms with E-state index in [2.05, 4.69) is 31.4 Å². The Morgan fingerprint density at radius 1 is 1.31 bits per heavy atom. The SMILES string of the molecule is Cc1cc2c(n1C1CC1)CC(C)(C)CC2=O. The topological polar surface area (TPSA) is 22.0 Å². The Bertz CT molecular complexity index is 463. The summed E-state index contributed by atoms with van der Waals surface area (Å²) in [5.74, 6) is 0.341. The van der Waals surface area contributed by atoms with Crippen molar-refractivity contribution in [3.8, 4) is 0 Å². The van der Waals surface area contributed by atoms with E-state index in [1.807, 2.05) is 0 Å². The molecule has 1 aromatic heterocycles. The Morgan fingerprint density at radius 3 is 2.62 bits per heavy atom. The first-order valence-corrected chi connectivity index (χ1v) is 6.22. The minimum atomic E-state index is 0.140. The number of hydrogen-bond donors (Lipinski definition) is 0. The number of aromatic nitrogens is 1. The van der Waals surface area contributed by atoms with Crippen molar-refractivity contribution in [3.63, 3.8) is 0 Å². The van der Waals surface area contributed by atoms with E-state index in [0.29, 0.717) is 18.2 Å². The second-order valence-corrected chi connectivity index (χ2v) is 6.19. The highest BCUT2D eigenvalue weighted by atomic mass is 16.1. The summed E-state index contributed by atoms with van der Waals surface area (Å²) in [6.45, 7) is 6.54. The molecule has 0 unspecified atom stereocenters. The van der Waals surface area contributed by atoms with Crippen LogP contribution in [-0.2, 0) is 6.42 Å². The molecular weight excluding hydrogens is 198 g/mol. The summed E-state index contributed by atoms with van der Waals surface area (Å²) in [5.41, 5.74) is 3.73. The molecule has 2 nitrogen and oxygen atoms in total. The smallest absolute Gasteiger partial charge is 0.165 e. The molecule has 16 heavy (non-hydrogen) atoms. The zero-order chi connectivity index (χ0) is 11.5. The number of hydrogen-bond acceptors (Lipinski definition) is 1. The minimum absolute atomic E-state index is 0.140. The molecule has 1 fully saturated rings. The van der Waals surface area contributed by atoms with Gasteiger partial charge in [0.2, 0.25) is 0 Å². The summed E-state index contributed by atoms with van der Waals surface area (Å²) in [7, 11) is 0. The molecule has 1 saturated carbocycles. The van der Waals surface area contributed by atoms with Gasteiger partial charge in [-0.2, -0.15) is 0 Å². The maximum atomic E-state index is 12.1. The Labute approximate surface area is 96.6 Å². The lowest BCUT2D eigenvalue weighted by atomic mass is 9.76. The van der Waals surface area contributed by atoms with E-state index in [-0.39, 0.29) is 5.41 Å². The molecule has 0 atom stereocenters. The zero-order valence-corrected chi connectivity index (χ0v) is 10.3. The molecule has 86 valence electrons. The highest BCUT2D eigenvalue weighted by Crippen LogP contribution is 2.43. The van der Waals surface area contributed by atoms with Gasteiger partial charge in [0, 0.05) is 29.4 Å². The van der Waals surface area contributed by atoms with E-state index in [1.54, 1.807) is 0 Å². The van der Waals surface area contributed by atoms with Crippen LogP contribution in [0, 0.1) is 12.3 Å². The monoisotopic (exact) mass is 217 g/mol. The molecule has 0 saturated heterocycles. The summed E-state index contributed by atoms with van der Waals surface area (Å²) < 4.78 is 2.42. The van der Waals surface area contributed by atoms with Gasteiger partial charge in [0.15, 0.2) is 5.78 Å². The van der Waals surface area contributed by atoms with Crippen LogP contribution < -0.4 is 0 Å². The van der Waals surface area contributed by atoms with Gasteiger partial charge in [0.25, 0.3) is 0 Å². The number of nitrogens with zero attached hydrogens (tertiary/aromatic N) is 1. The van der Waals surface area contributed by atoms with E-state index < -0.39 is 0 Å². The summed E-state index contributed by atoms with van der Waals surface area (Å²) >= 11 is 0. The lowest BCUT2D eigenvalue weighted by Crippen LogP contribution is -2.27. The number of fused-ring (bicyclic) bond motifs is 1. The van der Waals surface area contributed by atoms with Gasteiger partial charge in [-0.1, -0.05) is 13.8 Å². The van der Waals surface area contributed by atoms with Crippen LogP contribution in [0.4, 0.5) is 0 Å². The first kappa shape index (κ1) is 10.1. The van der Waals surface area contributed by atoms with Gasteiger partial charge >= 0.3 is 0 Å². The fourth-order valence-electron chi connectivity index (χ4n) is 3.01. The van der Waals surface area contributed by atoms with Crippen LogP contribution in [0.2, 0.25) is 0 Å². The molecule has 1 heterocycles. The van der Waals surface area contributed by atoms with Crippen LogP contribution in [0.25, 0.3) is 0 Å². The third kappa shape index (κ3) is 1.43. The van der Waals surface area contributed by atoms with Crippen molar-refractivity contribution in [3.05, 3.63) is 23.0 Å². The number of ketones is 1. The highest BCUT2D eigenvalue weighted by Gasteiger charge is 2.37. The molecule has 0 aromatic carbocycles. The predicted molar refractivity (Wildman–Crippen MR) is 63.9 cm³/mol. The summed E-state index contributed by atoms with van der Waals surface area (Å²) in [6, 6.07) is 2.79. The van der Waals surface area contributed by atoms with E-state index in [1.165, 1.54) is 24.2 Å². The molecule has 0 bridgehead atoms. The van der Waals surface area contributed by atoms with Crippen molar-refractivity contribution < 1.29 is 4.79 Å². The quantitative estimate of drug-likeness (QED) is 0.707. The first-order chi connectivity index (χ1) is 7.48. The number of carbonyl (C=O) groups is 1. The van der Waals surface area contributed by atoms with Crippen LogP contribution in [0.1, 0.15) is 60.9 Å². The number of rotatable bonds is 1. The minimum Gasteiger partial charge on any atom is -0.345 e. The third-order valence-corrected chi connectivity index (χ3v) is 3.83. The normalized spacial score (nSPS) is 23.3. The molecule has 2 aliphatic rings. The maximum Gasteiger partial charge on any atom is 0.165 e. The van der Waals surface area contributed by atoms with Crippen molar-refractivity contribution in [2.75, 3.05) is 0 Å². The molecule has 2 aliphatic carbocycles. The van der Waals surface area contributed by atoms with Crippen molar-refractivity contribution in [1.29, 1.82) is 0 Å². The van der Waals surface area contributed by atoms with Crippen LogP contribution in [0.3, 0.4) is 0 Å². The van der Waals surface area contributed by atoms with E-state index in [4.69, 9.17) is 0 Å². The largest absolute Gasteiger partial charge is 0.345 e. The van der Waals surface area contributed by atoms with Crippen molar-refractivity contribution in [1.82, 2.24) is 4.57 Å². The van der Waals surface area contributed by atoms with Crippen LogP contribution in [-0.4, -0.2) is 10.4 Å². The molecule has 0 aliphatic heterocycles. The molecule has 0 amide bonds. The molecule has 0 N–H and O–H groups in total. The fourth-order valence-corrected chi connectivity index (χ4v) is 3.01. The third-order valence-electron chi connectivity index (χ3n) is 3.83. The molecule has 2 heteroatoms. The van der Waals surface area contributed by atoms with Crippen LogP contribution >= 0.6 is 0 Å². The van der Waals surface area contributed by atoms with Crippen molar-refractivity contribution >= 4 is 5.78 Å². The second kappa shape index (κ2) is 2.99. The molecule has 3 rings (SSSR count). The molecule has 1 aromatic rings. The highest BCUT2D eigenvalue weighted by molar-refractivity contribution is 5.99. The number of carbonyl (C=O) groups excluding carboxylic acids is 1. The van der Waals surface area contributed by atoms with Crippen LogP contribution in [0.15, 0.2) is 6.07 Å². The van der Waals surface area contributed by atoms with Crippen molar-refractivity contribution in [2.45, 2.75) is 52.5 Å². The molecule has 0 spiro atoms. The van der Waals surface area contributed by atoms with E-state index >= 15 is 0 Å². The van der Waals surface area contributed by atoms with Crippen molar-refractivity contribution in [2.24, 2.45) is 5.41 Å². The van der Waals surface area contributed by atoms with E-state index in [0.717, 1.165) is 12.0 Å². The first-order valence-electron chi connectivity index (χ1n) is 6.22. The maximum absolute atomic E-state index is 12.1. The fraction of sp³-hybridized carbons (Fsp3) is 0.643. The Balaban J connectivity index is 2.14. The number of Topliss-reactive ketones (excluding diaryl/α,β-unsaturated/α-hetero) is 1. The van der Waals surface area contributed by atoms with Gasteiger partial charge in [-0.05, 0) is 37.7 Å². The van der Waals surface area contributed by atoms with Crippen LogP contribution in [0.5, 0.6) is 0 Å². The van der Waals surface area contributed by atoms with Gasteiger partial charge in [-0.25, -0.2) is 0 Å². The average molecular weight is 217 g/mol. The average Bonchev–Trinajstić information content (AvgIpc) is 2.90. The molecule has 0 radical (unpaired) electrons. The zero-order valence-electron chi connectivity index (χ0n) is 10.3. The summed E-state index contributed by atoms with van der Waals surface area (Å²) in [4.78, 5) is 12.1. The Hall–Kier alpha value is -1.05. The lowest BCUT2D eigenvalue weighted by Gasteiger charge is -2.29. The summed E-state index contributed by atoms with van der Waals surface area (Å²) in [5, 5.41) is 0. The Morgan fingerprint density at radius 2 is 2.00 bits per heavy atom. The standard InChI is InChI=1S/C14H19NO/c1-9-6-11-12(15(9)10-4-5-10)7-14(2,3)8-13(11)16/h6,10H,4-5,7-8H2,1-3H3. The predicted octanol–water partition coefficient (Wildman–Crippen LogP) is 3.29. The molecular formula is C14H19NO.